The number of urea groups is 1. The van der Waals surface area contributed by atoms with E-state index in [-0.39, 0.29) is 29.2 Å². The summed E-state index contributed by atoms with van der Waals surface area (Å²) in [5.74, 6) is 0.178. The molecule has 3 amide bonds. The Morgan fingerprint density at radius 3 is 2.54 bits per heavy atom. The highest BCUT2D eigenvalue weighted by atomic mass is 16.2. The highest BCUT2D eigenvalue weighted by Gasteiger charge is 2.42. The summed E-state index contributed by atoms with van der Waals surface area (Å²) in [6.45, 7) is 8.35. The van der Waals surface area contributed by atoms with Gasteiger partial charge in [0.25, 0.3) is 0 Å². The van der Waals surface area contributed by atoms with Crippen LogP contribution in [-0.4, -0.2) is 85.8 Å². The second-order valence-corrected chi connectivity index (χ2v) is 10.0. The molecule has 0 spiro atoms. The molecule has 1 aliphatic heterocycles. The molecule has 1 aliphatic carbocycles. The van der Waals surface area contributed by atoms with E-state index in [1.807, 2.05) is 46.8 Å². The Kier molecular flexibility index (Phi) is 7.62. The van der Waals surface area contributed by atoms with Gasteiger partial charge in [0.2, 0.25) is 5.91 Å². The predicted molar refractivity (Wildman–Crippen MR) is 110 cm³/mol. The lowest BCUT2D eigenvalue weighted by atomic mass is 9.74. The third-order valence-corrected chi connectivity index (χ3v) is 5.74. The van der Waals surface area contributed by atoms with E-state index in [2.05, 4.69) is 10.2 Å². The van der Waals surface area contributed by atoms with Crippen LogP contribution in [0.25, 0.3) is 0 Å². The van der Waals surface area contributed by atoms with Gasteiger partial charge in [0.05, 0.1) is 5.92 Å². The summed E-state index contributed by atoms with van der Waals surface area (Å²) >= 11 is 0. The SMILES string of the molecule is CN(C)CCNC(=O)N(CC(C)(C)C)C(=O)[C@@H]1C[C@@H]2CC(=O)CC[C@H]2N(C)C1. The van der Waals surface area contributed by atoms with Gasteiger partial charge in [0, 0.05) is 45.1 Å². The molecule has 0 aromatic carbocycles. The molecule has 2 rings (SSSR count). The molecule has 1 heterocycles. The monoisotopic (exact) mass is 394 g/mol. The van der Waals surface area contributed by atoms with Gasteiger partial charge in [-0.05, 0) is 45.3 Å². The number of likely N-dealkylation sites (tertiary alicyclic amines) is 1. The second-order valence-electron chi connectivity index (χ2n) is 10.0. The number of Topliss-reactive ketones (excluding diaryl/α,β-unsaturated/α-hetero) is 1. The van der Waals surface area contributed by atoms with Gasteiger partial charge in [0.1, 0.15) is 5.78 Å². The minimum absolute atomic E-state index is 0.111. The molecule has 7 nitrogen and oxygen atoms in total. The number of piperidine rings is 1. The van der Waals surface area contributed by atoms with Crippen molar-refractivity contribution < 1.29 is 14.4 Å². The summed E-state index contributed by atoms with van der Waals surface area (Å²) < 4.78 is 0. The Morgan fingerprint density at radius 2 is 1.93 bits per heavy atom. The minimum Gasteiger partial charge on any atom is -0.336 e. The number of hydrogen-bond donors (Lipinski definition) is 1. The highest BCUT2D eigenvalue weighted by Crippen LogP contribution is 2.36. The number of carbonyl (C=O) groups excluding carboxylic acids is 3. The molecule has 0 unspecified atom stereocenters. The number of nitrogens with one attached hydrogen (secondary N) is 1. The number of amides is 3. The normalized spacial score (nSPS) is 26.1. The number of carbonyl (C=O) groups is 3. The van der Waals surface area contributed by atoms with Gasteiger partial charge in [-0.25, -0.2) is 4.79 Å². The molecule has 1 N–H and O–H groups in total. The summed E-state index contributed by atoms with van der Waals surface area (Å²) in [5, 5.41) is 2.89. The number of hydrogen-bond acceptors (Lipinski definition) is 5. The van der Waals surface area contributed by atoms with E-state index >= 15 is 0 Å². The van der Waals surface area contributed by atoms with Crippen LogP contribution in [0.1, 0.15) is 46.5 Å². The first-order chi connectivity index (χ1) is 13.0. The van der Waals surface area contributed by atoms with Crippen LogP contribution in [0.3, 0.4) is 0 Å². The van der Waals surface area contributed by atoms with Crippen molar-refractivity contribution in [2.75, 3.05) is 47.3 Å². The quantitative estimate of drug-likeness (QED) is 0.770. The Bertz CT molecular complexity index is 585. The largest absolute Gasteiger partial charge is 0.336 e. The molecular weight excluding hydrogens is 356 g/mol. The van der Waals surface area contributed by atoms with Crippen molar-refractivity contribution in [3.8, 4) is 0 Å². The lowest BCUT2D eigenvalue weighted by molar-refractivity contribution is -0.139. The van der Waals surface area contributed by atoms with Crippen molar-refractivity contribution in [1.82, 2.24) is 20.0 Å². The van der Waals surface area contributed by atoms with Crippen LogP contribution in [0.15, 0.2) is 0 Å². The van der Waals surface area contributed by atoms with Crippen LogP contribution < -0.4 is 5.32 Å². The van der Waals surface area contributed by atoms with E-state index in [0.717, 1.165) is 13.0 Å². The molecule has 7 heteroatoms. The van der Waals surface area contributed by atoms with Gasteiger partial charge >= 0.3 is 6.03 Å². The zero-order valence-corrected chi connectivity index (χ0v) is 18.5. The fraction of sp³-hybridized carbons (Fsp3) is 0.857. The van der Waals surface area contributed by atoms with Crippen molar-refractivity contribution in [3.05, 3.63) is 0 Å². The fourth-order valence-corrected chi connectivity index (χ4v) is 4.42. The van der Waals surface area contributed by atoms with Gasteiger partial charge in [-0.2, -0.15) is 0 Å². The Morgan fingerprint density at radius 1 is 1.25 bits per heavy atom. The van der Waals surface area contributed by atoms with Crippen molar-refractivity contribution in [2.24, 2.45) is 17.3 Å². The Labute approximate surface area is 169 Å². The summed E-state index contributed by atoms with van der Waals surface area (Å²) in [6, 6.07) is 0.0676. The number of fused-ring (bicyclic) bond motifs is 1. The topological polar surface area (TPSA) is 73.0 Å². The van der Waals surface area contributed by atoms with Crippen molar-refractivity contribution in [2.45, 2.75) is 52.5 Å². The summed E-state index contributed by atoms with van der Waals surface area (Å²) in [6.07, 6.45) is 2.80. The average molecular weight is 395 g/mol. The number of likely N-dealkylation sites (N-methyl/N-ethyl adjacent to an activating group) is 1. The summed E-state index contributed by atoms with van der Waals surface area (Å²) in [7, 11) is 5.94. The molecule has 2 aliphatic rings. The van der Waals surface area contributed by atoms with Crippen LogP contribution >= 0.6 is 0 Å². The maximum absolute atomic E-state index is 13.4. The molecule has 0 aromatic rings. The van der Waals surface area contributed by atoms with E-state index in [1.54, 1.807) is 0 Å². The van der Waals surface area contributed by atoms with Crippen molar-refractivity contribution >= 4 is 17.7 Å². The molecule has 1 saturated carbocycles. The molecular formula is C21H38N4O3. The molecule has 160 valence electrons. The first-order valence-electron chi connectivity index (χ1n) is 10.4. The Balaban J connectivity index is 2.09. The first-order valence-corrected chi connectivity index (χ1v) is 10.4. The van der Waals surface area contributed by atoms with Crippen molar-refractivity contribution in [3.63, 3.8) is 0 Å². The molecule has 28 heavy (non-hydrogen) atoms. The van der Waals surface area contributed by atoms with Crippen LogP contribution in [0.4, 0.5) is 4.79 Å². The zero-order chi connectivity index (χ0) is 21.1. The number of rotatable bonds is 5. The van der Waals surface area contributed by atoms with Gasteiger partial charge in [-0.15, -0.1) is 0 Å². The maximum atomic E-state index is 13.4. The third kappa shape index (κ3) is 6.27. The number of ketones is 1. The number of nitrogens with zero attached hydrogens (tertiary/aromatic N) is 3. The van der Waals surface area contributed by atoms with Crippen molar-refractivity contribution in [1.29, 1.82) is 0 Å². The molecule has 3 atom stereocenters. The maximum Gasteiger partial charge on any atom is 0.324 e. The van der Waals surface area contributed by atoms with Crippen LogP contribution in [-0.2, 0) is 9.59 Å². The van der Waals surface area contributed by atoms with Crippen LogP contribution in [0, 0.1) is 17.3 Å². The Hall–Kier alpha value is -1.47. The summed E-state index contributed by atoms with van der Waals surface area (Å²) in [4.78, 5) is 43.7. The third-order valence-electron chi connectivity index (χ3n) is 5.74. The smallest absolute Gasteiger partial charge is 0.324 e. The first kappa shape index (κ1) is 22.8. The van der Waals surface area contributed by atoms with Gasteiger partial charge in [-0.3, -0.25) is 14.5 Å². The molecule has 0 bridgehead atoms. The standard InChI is InChI=1S/C21H38N4O3/c1-21(2,3)14-25(20(28)22-9-10-23(4)5)19(27)16-11-15-12-17(26)7-8-18(15)24(6)13-16/h15-16,18H,7-14H2,1-6H3,(H,22,28)/t15-,16-,18-/m1/s1. The zero-order valence-electron chi connectivity index (χ0n) is 18.5. The van der Waals surface area contributed by atoms with E-state index in [9.17, 15) is 14.4 Å². The van der Waals surface area contributed by atoms with Gasteiger partial charge in [0.15, 0.2) is 0 Å². The van der Waals surface area contributed by atoms with E-state index < -0.39 is 0 Å². The van der Waals surface area contributed by atoms with E-state index in [4.69, 9.17) is 0 Å². The molecule has 2 fully saturated rings. The van der Waals surface area contributed by atoms with Gasteiger partial charge < -0.3 is 15.1 Å². The second kappa shape index (κ2) is 9.35. The predicted octanol–water partition coefficient (Wildman–Crippen LogP) is 1.82. The fourth-order valence-electron chi connectivity index (χ4n) is 4.42. The highest BCUT2D eigenvalue weighted by molar-refractivity contribution is 5.96. The minimum atomic E-state index is -0.314. The molecule has 0 aromatic heterocycles. The lowest BCUT2D eigenvalue weighted by Gasteiger charge is -2.45. The van der Waals surface area contributed by atoms with E-state index in [0.29, 0.717) is 50.7 Å². The van der Waals surface area contributed by atoms with E-state index in [1.165, 1.54) is 4.90 Å². The molecule has 1 saturated heterocycles. The summed E-state index contributed by atoms with van der Waals surface area (Å²) in [5.41, 5.74) is -0.182. The van der Waals surface area contributed by atoms with Crippen LogP contribution in [0.2, 0.25) is 0 Å². The van der Waals surface area contributed by atoms with Crippen LogP contribution in [0.5, 0.6) is 0 Å². The lowest BCUT2D eigenvalue weighted by Crippen LogP contribution is -2.56. The molecule has 0 radical (unpaired) electrons. The number of imide groups is 1. The van der Waals surface area contributed by atoms with Gasteiger partial charge in [-0.1, -0.05) is 20.8 Å². The average Bonchev–Trinajstić information content (AvgIpc) is 2.57.